The van der Waals surface area contributed by atoms with Crippen LogP contribution in [0.1, 0.15) is 30.7 Å². The van der Waals surface area contributed by atoms with Gasteiger partial charge in [0.15, 0.2) is 5.82 Å². The zero-order valence-electron chi connectivity index (χ0n) is 14.2. The van der Waals surface area contributed by atoms with E-state index in [1.165, 1.54) is 5.56 Å². The Labute approximate surface area is 142 Å². The number of hydrogen-bond donors (Lipinski definition) is 1. The average molecular weight is 327 g/mol. The first-order valence-corrected chi connectivity index (χ1v) is 8.76. The topological polar surface area (TPSA) is 71.4 Å². The Kier molecular flexibility index (Phi) is 4.12. The highest BCUT2D eigenvalue weighted by atomic mass is 16.5. The first-order valence-electron chi connectivity index (χ1n) is 8.76. The zero-order valence-corrected chi connectivity index (χ0v) is 14.2. The summed E-state index contributed by atoms with van der Waals surface area (Å²) in [5.41, 5.74) is 8.16. The third kappa shape index (κ3) is 3.09. The largest absolute Gasteiger partial charge is 0.334 e. The van der Waals surface area contributed by atoms with Crippen molar-refractivity contribution in [2.45, 2.75) is 31.3 Å². The predicted octanol–water partition coefficient (Wildman–Crippen LogP) is 1.82. The first-order chi connectivity index (χ1) is 11.6. The fraction of sp³-hybridized carbons (Fsp3) is 0.556. The number of hydrogen-bond acceptors (Lipinski definition) is 6. The maximum Gasteiger partial charge on any atom is 0.258 e. The van der Waals surface area contributed by atoms with Crippen molar-refractivity contribution in [1.29, 1.82) is 0 Å². The molecule has 0 atom stereocenters. The lowest BCUT2D eigenvalue weighted by Crippen LogP contribution is -2.44. The van der Waals surface area contributed by atoms with E-state index in [1.807, 2.05) is 6.07 Å². The average Bonchev–Trinajstić information content (AvgIpc) is 3.05. The fourth-order valence-electron chi connectivity index (χ4n) is 3.39. The summed E-state index contributed by atoms with van der Waals surface area (Å²) < 4.78 is 5.47. The van der Waals surface area contributed by atoms with Gasteiger partial charge in [0, 0.05) is 38.3 Å². The van der Waals surface area contributed by atoms with Crippen LogP contribution in [0.25, 0.3) is 11.5 Å². The molecule has 0 amide bonds. The van der Waals surface area contributed by atoms with Crippen LogP contribution in [-0.2, 0) is 12.1 Å². The predicted molar refractivity (Wildman–Crippen MR) is 92.2 cm³/mol. The molecule has 0 unspecified atom stereocenters. The van der Waals surface area contributed by atoms with Crippen LogP contribution >= 0.6 is 0 Å². The lowest BCUT2D eigenvalue weighted by molar-refractivity contribution is 0.148. The molecule has 1 aliphatic carbocycles. The van der Waals surface area contributed by atoms with Gasteiger partial charge in [-0.25, -0.2) is 0 Å². The van der Waals surface area contributed by atoms with Crippen molar-refractivity contribution >= 4 is 0 Å². The second-order valence-electron chi connectivity index (χ2n) is 7.21. The Morgan fingerprint density at radius 1 is 1.21 bits per heavy atom. The van der Waals surface area contributed by atoms with Crippen molar-refractivity contribution in [1.82, 2.24) is 19.9 Å². The van der Waals surface area contributed by atoms with Crippen LogP contribution in [0.5, 0.6) is 0 Å². The third-order valence-electron chi connectivity index (χ3n) is 5.29. The number of benzene rings is 1. The van der Waals surface area contributed by atoms with Crippen LogP contribution < -0.4 is 5.73 Å². The quantitative estimate of drug-likeness (QED) is 0.923. The maximum atomic E-state index is 6.28. The minimum Gasteiger partial charge on any atom is -0.334 e. The fourth-order valence-corrected chi connectivity index (χ4v) is 3.39. The number of nitrogens with two attached hydrogens (primary N) is 1. The van der Waals surface area contributed by atoms with E-state index in [2.05, 4.69) is 45.2 Å². The molecule has 6 heteroatoms. The van der Waals surface area contributed by atoms with Gasteiger partial charge in [-0.2, -0.15) is 4.98 Å². The van der Waals surface area contributed by atoms with Gasteiger partial charge in [-0.05, 0) is 44.0 Å². The molecule has 1 saturated heterocycles. The van der Waals surface area contributed by atoms with Crippen LogP contribution in [0, 0.1) is 0 Å². The molecular weight excluding hydrogens is 302 g/mol. The van der Waals surface area contributed by atoms with Gasteiger partial charge in [0.1, 0.15) is 0 Å². The highest BCUT2D eigenvalue weighted by Crippen LogP contribution is 2.37. The van der Waals surface area contributed by atoms with Crippen LogP contribution in [0.15, 0.2) is 28.8 Å². The van der Waals surface area contributed by atoms with E-state index >= 15 is 0 Å². The zero-order chi connectivity index (χ0) is 16.6. The molecule has 4 rings (SSSR count). The Morgan fingerprint density at radius 2 is 2.00 bits per heavy atom. The molecule has 0 spiro atoms. The maximum absolute atomic E-state index is 6.28. The molecular formula is C18H25N5O. The SMILES string of the molecule is CN1CCN(Cc2cccc(-c3nc(C4(N)CCC4)no3)c2)CC1. The van der Waals surface area contributed by atoms with Gasteiger partial charge in [-0.3, -0.25) is 4.90 Å². The summed E-state index contributed by atoms with van der Waals surface area (Å²) in [6, 6.07) is 8.40. The minimum atomic E-state index is -0.376. The van der Waals surface area contributed by atoms with Gasteiger partial charge in [0.25, 0.3) is 5.89 Å². The molecule has 24 heavy (non-hydrogen) atoms. The van der Waals surface area contributed by atoms with Crippen molar-refractivity contribution < 1.29 is 4.52 Å². The van der Waals surface area contributed by atoms with Crippen molar-refractivity contribution in [3.63, 3.8) is 0 Å². The van der Waals surface area contributed by atoms with E-state index in [1.54, 1.807) is 0 Å². The normalized spacial score (nSPS) is 21.6. The highest BCUT2D eigenvalue weighted by molar-refractivity contribution is 5.54. The third-order valence-corrected chi connectivity index (χ3v) is 5.29. The molecule has 2 fully saturated rings. The van der Waals surface area contributed by atoms with Gasteiger partial charge in [-0.1, -0.05) is 17.3 Å². The molecule has 2 N–H and O–H groups in total. The second-order valence-corrected chi connectivity index (χ2v) is 7.21. The highest BCUT2D eigenvalue weighted by Gasteiger charge is 2.39. The molecule has 1 aromatic carbocycles. The van der Waals surface area contributed by atoms with E-state index in [-0.39, 0.29) is 5.54 Å². The van der Waals surface area contributed by atoms with Gasteiger partial charge >= 0.3 is 0 Å². The van der Waals surface area contributed by atoms with Gasteiger partial charge in [0.2, 0.25) is 0 Å². The monoisotopic (exact) mass is 327 g/mol. The number of nitrogens with zero attached hydrogens (tertiary/aromatic N) is 4. The van der Waals surface area contributed by atoms with Crippen molar-refractivity contribution in [3.8, 4) is 11.5 Å². The lowest BCUT2D eigenvalue weighted by Gasteiger charge is -2.34. The molecule has 1 aliphatic heterocycles. The lowest BCUT2D eigenvalue weighted by atomic mass is 9.77. The molecule has 2 heterocycles. The van der Waals surface area contributed by atoms with Crippen LogP contribution in [0.2, 0.25) is 0 Å². The number of aromatic nitrogens is 2. The summed E-state index contributed by atoms with van der Waals surface area (Å²) in [4.78, 5) is 9.41. The molecule has 6 nitrogen and oxygen atoms in total. The molecule has 0 radical (unpaired) electrons. The Hall–Kier alpha value is -1.76. The van der Waals surface area contributed by atoms with E-state index < -0.39 is 0 Å². The molecule has 2 aromatic rings. The van der Waals surface area contributed by atoms with Crippen LogP contribution in [0.3, 0.4) is 0 Å². The minimum absolute atomic E-state index is 0.376. The first kappa shape index (κ1) is 15.7. The number of piperazine rings is 1. The summed E-state index contributed by atoms with van der Waals surface area (Å²) in [7, 11) is 2.18. The Morgan fingerprint density at radius 3 is 2.71 bits per heavy atom. The summed E-state index contributed by atoms with van der Waals surface area (Å²) >= 11 is 0. The molecule has 2 aliphatic rings. The van der Waals surface area contributed by atoms with Crippen molar-refractivity contribution in [2.75, 3.05) is 33.2 Å². The standard InChI is InChI=1S/C18H25N5O/c1-22-8-10-23(11-9-22)13-14-4-2-5-15(12-14)16-20-17(21-24-16)18(19)6-3-7-18/h2,4-5,12H,3,6-11,13,19H2,1H3. The molecule has 1 saturated carbocycles. The molecule has 1 aromatic heterocycles. The molecule has 0 bridgehead atoms. The van der Waals surface area contributed by atoms with Crippen molar-refractivity contribution in [2.24, 2.45) is 5.73 Å². The van der Waals surface area contributed by atoms with E-state index in [9.17, 15) is 0 Å². The summed E-state index contributed by atoms with van der Waals surface area (Å²) in [5, 5.41) is 4.11. The number of rotatable bonds is 4. The Bertz CT molecular complexity index is 701. The summed E-state index contributed by atoms with van der Waals surface area (Å²) in [6.07, 6.45) is 3.02. The Balaban J connectivity index is 1.48. The second kappa shape index (κ2) is 6.27. The van der Waals surface area contributed by atoms with E-state index in [4.69, 9.17) is 10.3 Å². The van der Waals surface area contributed by atoms with Gasteiger partial charge < -0.3 is 15.2 Å². The van der Waals surface area contributed by atoms with Crippen LogP contribution in [0.4, 0.5) is 0 Å². The van der Waals surface area contributed by atoms with Crippen LogP contribution in [-0.4, -0.2) is 53.2 Å². The van der Waals surface area contributed by atoms with E-state index in [0.717, 1.165) is 57.5 Å². The smallest absolute Gasteiger partial charge is 0.258 e. The van der Waals surface area contributed by atoms with Gasteiger partial charge in [-0.15, -0.1) is 0 Å². The van der Waals surface area contributed by atoms with E-state index in [0.29, 0.717) is 11.7 Å². The van der Waals surface area contributed by atoms with Gasteiger partial charge in [0.05, 0.1) is 5.54 Å². The molecule has 128 valence electrons. The summed E-state index contributed by atoms with van der Waals surface area (Å²) in [6.45, 7) is 5.45. The summed E-state index contributed by atoms with van der Waals surface area (Å²) in [5.74, 6) is 1.22. The van der Waals surface area contributed by atoms with Crippen molar-refractivity contribution in [3.05, 3.63) is 35.7 Å². The number of likely N-dealkylation sites (N-methyl/N-ethyl adjacent to an activating group) is 1.